The average molecular weight is 266 g/mol. The van der Waals surface area contributed by atoms with E-state index in [0.29, 0.717) is 10.2 Å². The SMILES string of the molecule is CC(c1ccc(Br)nc1)S(=O)(=O)O. The van der Waals surface area contributed by atoms with E-state index in [4.69, 9.17) is 4.55 Å². The Morgan fingerprint density at radius 3 is 2.54 bits per heavy atom. The summed E-state index contributed by atoms with van der Waals surface area (Å²) in [6.45, 7) is 1.40. The summed E-state index contributed by atoms with van der Waals surface area (Å²) in [5.74, 6) is 0. The van der Waals surface area contributed by atoms with Crippen LogP contribution in [0.4, 0.5) is 0 Å². The standard InChI is InChI=1S/C7H8BrNO3S/c1-5(13(10,11)12)6-2-3-7(8)9-4-6/h2-5H,1H3,(H,10,11,12). The maximum absolute atomic E-state index is 10.7. The minimum atomic E-state index is -4.02. The number of hydrogen-bond donors (Lipinski definition) is 1. The summed E-state index contributed by atoms with van der Waals surface area (Å²) in [7, 11) is -4.02. The molecular formula is C7H8BrNO3S. The molecule has 13 heavy (non-hydrogen) atoms. The number of aromatic nitrogens is 1. The van der Waals surface area contributed by atoms with Crippen LogP contribution in [0.1, 0.15) is 17.7 Å². The topological polar surface area (TPSA) is 67.3 Å². The van der Waals surface area contributed by atoms with Crippen LogP contribution < -0.4 is 0 Å². The van der Waals surface area contributed by atoms with Gasteiger partial charge in [0, 0.05) is 6.20 Å². The zero-order valence-corrected chi connectivity index (χ0v) is 9.21. The van der Waals surface area contributed by atoms with E-state index in [-0.39, 0.29) is 0 Å². The average Bonchev–Trinajstić information content (AvgIpc) is 2.03. The Bertz CT molecular complexity index is 387. The van der Waals surface area contributed by atoms with Crippen molar-refractivity contribution in [3.05, 3.63) is 28.5 Å². The van der Waals surface area contributed by atoms with Gasteiger partial charge in [-0.25, -0.2) is 4.98 Å². The van der Waals surface area contributed by atoms with Crippen molar-refractivity contribution in [3.8, 4) is 0 Å². The molecule has 1 rings (SSSR count). The van der Waals surface area contributed by atoms with Crippen LogP contribution in [-0.2, 0) is 10.1 Å². The molecule has 0 fully saturated rings. The summed E-state index contributed by atoms with van der Waals surface area (Å²) in [6, 6.07) is 3.21. The molecule has 1 N–H and O–H groups in total. The lowest BCUT2D eigenvalue weighted by Gasteiger charge is -2.06. The smallest absolute Gasteiger partial charge is 0.271 e. The van der Waals surface area contributed by atoms with Crippen LogP contribution >= 0.6 is 15.9 Å². The van der Waals surface area contributed by atoms with E-state index in [2.05, 4.69) is 20.9 Å². The summed E-state index contributed by atoms with van der Waals surface area (Å²) in [5.41, 5.74) is 0.464. The van der Waals surface area contributed by atoms with Crippen LogP contribution in [0.25, 0.3) is 0 Å². The van der Waals surface area contributed by atoms with Crippen molar-refractivity contribution in [2.75, 3.05) is 0 Å². The second-order valence-corrected chi connectivity index (χ2v) is 5.12. The fraction of sp³-hybridized carbons (Fsp3) is 0.286. The zero-order valence-electron chi connectivity index (χ0n) is 6.81. The summed E-state index contributed by atoms with van der Waals surface area (Å²) in [6.07, 6.45) is 1.41. The molecule has 0 bridgehead atoms. The Morgan fingerprint density at radius 1 is 1.54 bits per heavy atom. The van der Waals surface area contributed by atoms with E-state index >= 15 is 0 Å². The third-order valence-corrected chi connectivity index (χ3v) is 3.30. The normalized spacial score (nSPS) is 14.1. The van der Waals surface area contributed by atoms with Crippen molar-refractivity contribution in [2.24, 2.45) is 0 Å². The van der Waals surface area contributed by atoms with E-state index in [1.165, 1.54) is 13.1 Å². The van der Waals surface area contributed by atoms with Crippen LogP contribution in [0.15, 0.2) is 22.9 Å². The van der Waals surface area contributed by atoms with E-state index in [1.807, 2.05) is 0 Å². The van der Waals surface area contributed by atoms with Crippen LogP contribution in [0.3, 0.4) is 0 Å². The first-order valence-corrected chi connectivity index (χ1v) is 5.78. The highest BCUT2D eigenvalue weighted by Gasteiger charge is 2.19. The molecule has 1 aromatic rings. The van der Waals surface area contributed by atoms with Crippen LogP contribution in [0, 0.1) is 0 Å². The maximum Gasteiger partial charge on any atom is 0.271 e. The largest absolute Gasteiger partial charge is 0.285 e. The van der Waals surface area contributed by atoms with Gasteiger partial charge in [0.1, 0.15) is 9.85 Å². The first-order valence-electron chi connectivity index (χ1n) is 3.49. The second kappa shape index (κ2) is 3.73. The summed E-state index contributed by atoms with van der Waals surface area (Å²) in [4.78, 5) is 3.85. The monoisotopic (exact) mass is 265 g/mol. The van der Waals surface area contributed by atoms with Gasteiger partial charge in [-0.1, -0.05) is 6.07 Å². The predicted molar refractivity (Wildman–Crippen MR) is 51.9 cm³/mol. The Morgan fingerprint density at radius 2 is 2.15 bits per heavy atom. The van der Waals surface area contributed by atoms with Gasteiger partial charge in [-0.2, -0.15) is 8.42 Å². The van der Waals surface area contributed by atoms with Crippen molar-refractivity contribution in [3.63, 3.8) is 0 Å². The van der Waals surface area contributed by atoms with Gasteiger partial charge in [-0.15, -0.1) is 0 Å². The molecule has 4 nitrogen and oxygen atoms in total. The lowest BCUT2D eigenvalue weighted by atomic mass is 10.2. The van der Waals surface area contributed by atoms with Crippen molar-refractivity contribution < 1.29 is 13.0 Å². The van der Waals surface area contributed by atoms with E-state index in [0.717, 1.165) is 0 Å². The Hall–Kier alpha value is -0.460. The highest BCUT2D eigenvalue weighted by molar-refractivity contribution is 9.10. The molecule has 0 aliphatic heterocycles. The van der Waals surface area contributed by atoms with E-state index in [9.17, 15) is 8.42 Å². The molecule has 0 aromatic carbocycles. The molecule has 0 amide bonds. The van der Waals surface area contributed by atoms with Gasteiger partial charge in [0.05, 0.1) is 0 Å². The van der Waals surface area contributed by atoms with Gasteiger partial charge in [0.15, 0.2) is 0 Å². The summed E-state index contributed by atoms with van der Waals surface area (Å²) < 4.78 is 30.8. The van der Waals surface area contributed by atoms with Crippen molar-refractivity contribution in [1.29, 1.82) is 0 Å². The molecule has 0 radical (unpaired) electrons. The molecule has 0 aliphatic carbocycles. The lowest BCUT2D eigenvalue weighted by molar-refractivity contribution is 0.472. The number of pyridine rings is 1. The van der Waals surface area contributed by atoms with Crippen molar-refractivity contribution in [1.82, 2.24) is 4.98 Å². The molecule has 1 aromatic heterocycles. The molecule has 1 heterocycles. The highest BCUT2D eigenvalue weighted by atomic mass is 79.9. The van der Waals surface area contributed by atoms with Crippen LogP contribution in [0.5, 0.6) is 0 Å². The highest BCUT2D eigenvalue weighted by Crippen LogP contribution is 2.20. The van der Waals surface area contributed by atoms with E-state index in [1.54, 1.807) is 12.1 Å². The molecule has 1 atom stereocenters. The van der Waals surface area contributed by atoms with Gasteiger partial charge < -0.3 is 0 Å². The van der Waals surface area contributed by atoms with Crippen LogP contribution in [-0.4, -0.2) is 18.0 Å². The second-order valence-electron chi connectivity index (χ2n) is 2.57. The molecule has 0 spiro atoms. The maximum atomic E-state index is 10.7. The first-order chi connectivity index (χ1) is 5.91. The summed E-state index contributed by atoms with van der Waals surface area (Å²) >= 11 is 3.12. The van der Waals surface area contributed by atoms with Gasteiger partial charge in [0.2, 0.25) is 0 Å². The minimum Gasteiger partial charge on any atom is -0.285 e. The number of nitrogens with zero attached hydrogens (tertiary/aromatic N) is 1. The fourth-order valence-electron chi connectivity index (χ4n) is 0.800. The molecule has 0 aliphatic rings. The van der Waals surface area contributed by atoms with Crippen molar-refractivity contribution >= 4 is 26.0 Å². The molecule has 1 unspecified atom stereocenters. The zero-order chi connectivity index (χ0) is 10.1. The first kappa shape index (κ1) is 10.6. The molecular weight excluding hydrogens is 258 g/mol. The van der Waals surface area contributed by atoms with Gasteiger partial charge in [-0.3, -0.25) is 4.55 Å². The van der Waals surface area contributed by atoms with Gasteiger partial charge >= 0.3 is 0 Å². The molecule has 0 saturated heterocycles. The predicted octanol–water partition coefficient (Wildman–Crippen LogP) is 1.79. The number of rotatable bonds is 2. The molecule has 0 saturated carbocycles. The molecule has 72 valence electrons. The Labute approximate surface area is 84.9 Å². The van der Waals surface area contributed by atoms with Gasteiger partial charge in [-0.05, 0) is 34.5 Å². The Balaban J connectivity index is 3.04. The van der Waals surface area contributed by atoms with E-state index < -0.39 is 15.4 Å². The minimum absolute atomic E-state index is 0.464. The molecule has 6 heteroatoms. The third-order valence-electron chi connectivity index (χ3n) is 1.67. The third kappa shape index (κ3) is 2.75. The van der Waals surface area contributed by atoms with Crippen LogP contribution in [0.2, 0.25) is 0 Å². The van der Waals surface area contributed by atoms with Gasteiger partial charge in [0.25, 0.3) is 10.1 Å². The lowest BCUT2D eigenvalue weighted by Crippen LogP contribution is -2.08. The summed E-state index contributed by atoms with van der Waals surface area (Å²) in [5, 5.41) is -0.937. The number of halogens is 1. The fourth-order valence-corrected chi connectivity index (χ4v) is 1.52. The Kier molecular flexibility index (Phi) is 3.05. The number of hydrogen-bond acceptors (Lipinski definition) is 3. The quantitative estimate of drug-likeness (QED) is 0.654. The van der Waals surface area contributed by atoms with Crippen molar-refractivity contribution in [2.45, 2.75) is 12.2 Å².